The van der Waals surface area contributed by atoms with E-state index in [0.29, 0.717) is 0 Å². The van der Waals surface area contributed by atoms with Gasteiger partial charge in [0.25, 0.3) is 0 Å². The zero-order chi connectivity index (χ0) is 86.5. The first-order valence-corrected chi connectivity index (χ1v) is 55.0. The molecule has 0 aromatic carbocycles. The van der Waals surface area contributed by atoms with Gasteiger partial charge in [0.15, 0.2) is 0 Å². The van der Waals surface area contributed by atoms with Crippen molar-refractivity contribution in [1.29, 1.82) is 0 Å². The second kappa shape index (κ2) is 123. The molecule has 0 aliphatic heterocycles. The maximum atomic E-state index is 2.56. The molecular weight excluding hydrogens is 1410 g/mol. The van der Waals surface area contributed by atoms with Crippen LogP contribution in [-0.2, 0) is 0 Å². The van der Waals surface area contributed by atoms with Gasteiger partial charge in [-0.05, 0) is 198 Å². The number of hydrogen-bond acceptors (Lipinski definition) is 6. The summed E-state index contributed by atoms with van der Waals surface area (Å²) in [5, 5.41) is 0. The monoisotopic (exact) mass is 1640 g/mol. The van der Waals surface area contributed by atoms with Gasteiger partial charge in [0.2, 0.25) is 0 Å². The molecule has 0 aliphatic carbocycles. The average molecular weight is 1650 g/mol. The third-order valence-electron chi connectivity index (χ3n) is 24.7. The zero-order valence-electron chi connectivity index (χ0n) is 85.7. The van der Waals surface area contributed by atoms with E-state index in [1.165, 1.54) is 592 Å². The fourth-order valence-electron chi connectivity index (χ4n) is 16.0. The van der Waals surface area contributed by atoms with E-state index in [0.717, 1.165) is 0 Å². The summed E-state index contributed by atoms with van der Waals surface area (Å²) in [5.41, 5.74) is 0. The van der Waals surface area contributed by atoms with Crippen LogP contribution in [0.3, 0.4) is 0 Å². The lowest BCUT2D eigenvalue weighted by Crippen LogP contribution is -2.20. The molecule has 0 saturated heterocycles. The molecule has 0 radical (unpaired) electrons. The van der Waals surface area contributed by atoms with Crippen LogP contribution >= 0.6 is 0 Å². The second-order valence-electron chi connectivity index (χ2n) is 37.9. The van der Waals surface area contributed by atoms with Crippen molar-refractivity contribution in [2.24, 2.45) is 0 Å². The van der Waals surface area contributed by atoms with Crippen LogP contribution in [-0.4, -0.2) is 150 Å². The minimum Gasteiger partial charge on any atom is -0.306 e. The predicted octanol–water partition coefficient (Wildman–Crippen LogP) is 37.0. The molecule has 0 aromatic rings. The van der Waals surface area contributed by atoms with Crippen LogP contribution in [0.5, 0.6) is 0 Å². The zero-order valence-corrected chi connectivity index (χ0v) is 85.7. The van der Waals surface area contributed by atoms with Gasteiger partial charge in [-0.15, -0.1) is 0 Å². The van der Waals surface area contributed by atoms with Crippen molar-refractivity contribution >= 4 is 0 Å². The van der Waals surface area contributed by atoms with Crippen molar-refractivity contribution in [1.82, 2.24) is 29.4 Å². The largest absolute Gasteiger partial charge is 0.306 e. The Bertz CT molecular complexity index is 1420. The maximum Gasteiger partial charge on any atom is -0.00218 e. The molecule has 0 aliphatic rings. The molecule has 0 aromatic heterocycles. The average Bonchev–Trinajstić information content (AvgIpc) is 1.15. The van der Waals surface area contributed by atoms with E-state index in [2.05, 4.69) is 155 Å². The highest BCUT2D eigenvalue weighted by atomic mass is 15.1. The van der Waals surface area contributed by atoms with Crippen LogP contribution in [0.4, 0.5) is 0 Å². The molecule has 116 heavy (non-hydrogen) atoms. The Morgan fingerprint density at radius 2 is 0.129 bits per heavy atom. The van der Waals surface area contributed by atoms with Gasteiger partial charge in [0.1, 0.15) is 0 Å². The van der Waals surface area contributed by atoms with Gasteiger partial charge in [0.05, 0.1) is 0 Å². The van der Waals surface area contributed by atoms with Gasteiger partial charge in [-0.3, -0.25) is 0 Å². The van der Waals surface area contributed by atoms with Gasteiger partial charge in [-0.2, -0.15) is 0 Å². The lowest BCUT2D eigenvalue weighted by Gasteiger charge is -2.16. The maximum absolute atomic E-state index is 2.56. The quantitative estimate of drug-likeness (QED) is 0.0561. The van der Waals surface area contributed by atoms with Crippen molar-refractivity contribution in [3.63, 3.8) is 0 Å². The summed E-state index contributed by atoms with van der Waals surface area (Å²) in [4.78, 5) is 15.2. The van der Waals surface area contributed by atoms with Crippen LogP contribution in [0.2, 0.25) is 0 Å². The van der Waals surface area contributed by atoms with Crippen LogP contribution in [0.1, 0.15) is 597 Å². The summed E-state index contributed by atoms with van der Waals surface area (Å²) in [6.45, 7) is 43.1. The molecule has 0 unspecified atom stereocenters. The van der Waals surface area contributed by atoms with Crippen molar-refractivity contribution in [3.05, 3.63) is 0 Å². The molecule has 6 nitrogen and oxygen atoms in total. The summed E-state index contributed by atoms with van der Waals surface area (Å²) in [6.07, 6.45) is 114. The highest BCUT2D eigenvalue weighted by molar-refractivity contribution is 4.62. The molecule has 0 amide bonds. The molecule has 0 heterocycles. The van der Waals surface area contributed by atoms with E-state index >= 15 is 0 Å². The van der Waals surface area contributed by atoms with Crippen molar-refractivity contribution in [2.75, 3.05) is 121 Å². The van der Waals surface area contributed by atoms with E-state index in [4.69, 9.17) is 0 Å². The van der Waals surface area contributed by atoms with Gasteiger partial charge in [-0.1, -0.05) is 520 Å². The summed E-state index contributed by atoms with van der Waals surface area (Å²) < 4.78 is 0. The Morgan fingerprint density at radius 1 is 0.0776 bits per heavy atom. The first-order chi connectivity index (χ1) is 56.8. The second-order valence-corrected chi connectivity index (χ2v) is 37.9. The van der Waals surface area contributed by atoms with Crippen LogP contribution in [0, 0.1) is 0 Å². The van der Waals surface area contributed by atoms with Gasteiger partial charge < -0.3 is 29.4 Å². The normalized spacial score (nSPS) is 11.4. The third kappa shape index (κ3) is 134. The molecule has 0 atom stereocenters. The molecular formula is C110H238N6. The Kier molecular flexibility index (Phi) is 134. The molecule has 0 saturated carbocycles. The summed E-state index contributed by atoms with van der Waals surface area (Å²) in [5.74, 6) is 0. The fourth-order valence-corrected chi connectivity index (χ4v) is 16.0. The van der Waals surface area contributed by atoms with Crippen molar-refractivity contribution in [2.45, 2.75) is 597 Å². The third-order valence-corrected chi connectivity index (χ3v) is 24.7. The minimum absolute atomic E-state index is 1.30. The molecule has 0 fully saturated rings. The molecule has 0 bridgehead atoms. The smallest absolute Gasteiger partial charge is 0.00218 e. The molecule has 0 N–H and O–H groups in total. The number of nitrogens with zero attached hydrogens (tertiary/aromatic N) is 6. The van der Waals surface area contributed by atoms with Crippen molar-refractivity contribution in [3.8, 4) is 0 Å². The summed E-state index contributed by atoms with van der Waals surface area (Å²) in [6, 6.07) is 0. The van der Waals surface area contributed by atoms with Crippen LogP contribution in [0.15, 0.2) is 0 Å². The lowest BCUT2D eigenvalue weighted by molar-refractivity contribution is 0.314. The highest BCUT2D eigenvalue weighted by Crippen LogP contribution is 2.18. The molecule has 6 heteroatoms. The van der Waals surface area contributed by atoms with E-state index in [1.54, 1.807) is 0 Å². The predicted molar refractivity (Wildman–Crippen MR) is 542 cm³/mol. The fraction of sp³-hybridized carbons (Fsp3) is 1.00. The molecule has 0 rings (SSSR count). The van der Waals surface area contributed by atoms with E-state index < -0.39 is 0 Å². The van der Waals surface area contributed by atoms with E-state index in [1.807, 2.05) is 0 Å². The first kappa shape index (κ1) is 127. The SMILES string of the molecule is CCCCCCCCCCCCN(C)CCCCCCCCCCCC.CCCCCCCCCCN(C)CCCCCCCCCC.CCCCCCCCCN(C)CCCCCCCCC.CCCCCCCCN(C)CCCCCCCC.CCCCCCCN(C)CCCCCCC.CCCCCCN(C)CCCCCC. The highest BCUT2D eigenvalue weighted by Gasteiger charge is 2.06. The summed E-state index contributed by atoms with van der Waals surface area (Å²) in [7, 11) is 13.8. The Hall–Kier alpha value is -0.240. The Balaban J connectivity index is -0.000000316. The number of hydrogen-bond donors (Lipinski definition) is 0. The minimum atomic E-state index is 1.30. The Labute approximate surface area is 742 Å². The van der Waals surface area contributed by atoms with E-state index in [-0.39, 0.29) is 0 Å². The molecule has 708 valence electrons. The lowest BCUT2D eigenvalue weighted by atomic mass is 10.1. The van der Waals surface area contributed by atoms with E-state index in [9.17, 15) is 0 Å². The van der Waals surface area contributed by atoms with Gasteiger partial charge in [-0.25, -0.2) is 0 Å². The van der Waals surface area contributed by atoms with Crippen LogP contribution in [0.25, 0.3) is 0 Å². The summed E-state index contributed by atoms with van der Waals surface area (Å²) >= 11 is 0. The molecule has 0 spiro atoms. The standard InChI is InChI=1S/C25H53N.C21H45N.C19H41N.C17H37N.C15H33N.C13H29N/c1-4-6-8-10-12-14-16-18-20-22-24-26(3)25-23-21-19-17-15-13-11-9-7-5-2;1-4-6-8-10-12-14-16-18-20-22(3)21-19-17-15-13-11-9-7-5-2;1-4-6-8-10-12-14-16-18-20(3)19-17-15-13-11-9-7-5-2;1-4-6-8-10-12-14-16-18(3)17-15-13-11-9-7-5-2;1-4-6-8-10-12-14-16(3)15-13-11-9-7-5-2;1-4-6-8-10-12-14(3)13-11-9-7-5-2/h4-25H2,1-3H3;4-21H2,1-3H3;4-19H2,1-3H3;4-17H2,1-3H3;4-15H2,1-3H3;4-13H2,1-3H3. The first-order valence-electron chi connectivity index (χ1n) is 55.0. The van der Waals surface area contributed by atoms with Gasteiger partial charge >= 0.3 is 0 Å². The van der Waals surface area contributed by atoms with Crippen LogP contribution < -0.4 is 0 Å². The topological polar surface area (TPSA) is 19.4 Å². The number of unbranched alkanes of at least 4 members (excludes halogenated alkanes) is 68. The number of rotatable bonds is 92. The van der Waals surface area contributed by atoms with Gasteiger partial charge in [0, 0.05) is 0 Å². The Morgan fingerprint density at radius 3 is 0.198 bits per heavy atom. The van der Waals surface area contributed by atoms with Crippen molar-refractivity contribution < 1.29 is 0 Å².